The van der Waals surface area contributed by atoms with Crippen LogP contribution in [0.15, 0.2) is 60.7 Å². The molecule has 0 saturated carbocycles. The third-order valence-corrected chi connectivity index (χ3v) is 9.37. The SMILES string of the molecule is CCCCC(C)(C)CC1CC(CC)(CC(C)(C)C)[N+]#CC(CC)(c2ccccc2)C(CC)(c2ccccc2)C#[N+]1. The van der Waals surface area contributed by atoms with Gasteiger partial charge < -0.3 is 0 Å². The molecule has 1 heterocycles. The fraction of sp³-hybridized carbons (Fsp3) is 0.632. The van der Waals surface area contributed by atoms with Gasteiger partial charge in [0.05, 0.1) is 0 Å². The molecule has 1 aliphatic heterocycles. The Balaban J connectivity index is 2.40. The predicted molar refractivity (Wildman–Crippen MR) is 175 cm³/mol. The van der Waals surface area contributed by atoms with Crippen molar-refractivity contribution in [3.8, 4) is 12.1 Å². The van der Waals surface area contributed by atoms with Gasteiger partial charge in [-0.3, -0.25) is 0 Å². The van der Waals surface area contributed by atoms with Crippen molar-refractivity contribution in [3.05, 3.63) is 81.5 Å². The Kier molecular flexibility index (Phi) is 10.3. The summed E-state index contributed by atoms with van der Waals surface area (Å²) in [7, 11) is 0. The van der Waals surface area contributed by atoms with Crippen LogP contribution >= 0.6 is 0 Å². The van der Waals surface area contributed by atoms with Crippen LogP contribution in [0.3, 0.4) is 0 Å². The molecule has 0 fully saturated rings. The number of benzene rings is 2. The topological polar surface area (TPSA) is 8.72 Å². The molecule has 2 heteroatoms. The maximum atomic E-state index is 5.64. The number of nitrogens with zero attached hydrogens (tertiary/aromatic N) is 2. The summed E-state index contributed by atoms with van der Waals surface area (Å²) in [5, 5.41) is 0. The van der Waals surface area contributed by atoms with E-state index in [4.69, 9.17) is 9.69 Å². The molecule has 2 aromatic rings. The van der Waals surface area contributed by atoms with Crippen molar-refractivity contribution < 1.29 is 0 Å². The molecule has 4 atom stereocenters. The van der Waals surface area contributed by atoms with Gasteiger partial charge in [-0.05, 0) is 41.2 Å². The van der Waals surface area contributed by atoms with E-state index >= 15 is 0 Å². The third-order valence-electron chi connectivity index (χ3n) is 9.37. The molecule has 3 rings (SSSR count). The standard InChI is InChI=1S/C38H56N2/c1-10-14-25-35(8,9)26-33-27-36(11-2,28-34(5,6)7)40-30-38(13-4,32-23-19-16-20-24-32)37(12-3,29-39-33)31-21-17-15-18-22-31/h15-24,33H,10-14,25-28H2,1-9H3/q+2. The van der Waals surface area contributed by atoms with Gasteiger partial charge in [-0.2, -0.15) is 0 Å². The molecule has 0 aliphatic carbocycles. The van der Waals surface area contributed by atoms with Crippen LogP contribution in [0.2, 0.25) is 0 Å². The van der Waals surface area contributed by atoms with E-state index in [0.29, 0.717) is 0 Å². The molecule has 0 N–H and O–H groups in total. The van der Waals surface area contributed by atoms with Crippen LogP contribution in [0.5, 0.6) is 0 Å². The Hall–Kier alpha value is -2.58. The zero-order valence-electron chi connectivity index (χ0n) is 27.1. The van der Waals surface area contributed by atoms with E-state index in [0.717, 1.165) is 38.5 Å². The molecule has 1 aliphatic rings. The summed E-state index contributed by atoms with van der Waals surface area (Å²) in [4.78, 5) is 11.2. The average Bonchev–Trinajstić information content (AvgIpc) is 2.98. The van der Waals surface area contributed by atoms with Crippen LogP contribution in [0.4, 0.5) is 0 Å². The van der Waals surface area contributed by atoms with Gasteiger partial charge in [-0.1, -0.05) is 146 Å². The fourth-order valence-electron chi connectivity index (χ4n) is 7.33. The van der Waals surface area contributed by atoms with Gasteiger partial charge in [0.1, 0.15) is 6.42 Å². The first-order valence-corrected chi connectivity index (χ1v) is 16.0. The Morgan fingerprint density at radius 1 is 0.750 bits per heavy atom. The Morgan fingerprint density at radius 2 is 1.27 bits per heavy atom. The van der Waals surface area contributed by atoms with Crippen LogP contribution in [-0.4, -0.2) is 11.6 Å². The normalized spacial score (nSPS) is 26.9. The van der Waals surface area contributed by atoms with Crippen LogP contribution < -0.4 is 0 Å². The lowest BCUT2D eigenvalue weighted by atomic mass is 9.56. The zero-order valence-corrected chi connectivity index (χ0v) is 27.1. The highest BCUT2D eigenvalue weighted by Gasteiger charge is 2.60. The van der Waals surface area contributed by atoms with E-state index in [-0.39, 0.29) is 22.4 Å². The second-order valence-corrected chi connectivity index (χ2v) is 14.4. The Bertz CT molecular complexity index is 1200. The van der Waals surface area contributed by atoms with E-state index in [1.54, 1.807) is 0 Å². The number of hydrogen-bond donors (Lipinski definition) is 0. The molecule has 0 saturated heterocycles. The van der Waals surface area contributed by atoms with Gasteiger partial charge in [0.25, 0.3) is 23.7 Å². The first kappa shape index (κ1) is 31.9. The smallest absolute Gasteiger partial charge is 0.0790 e. The fourth-order valence-corrected chi connectivity index (χ4v) is 7.33. The number of rotatable bonds is 11. The van der Waals surface area contributed by atoms with Crippen LogP contribution in [-0.2, 0) is 10.8 Å². The molecular weight excluding hydrogens is 484 g/mol. The molecule has 40 heavy (non-hydrogen) atoms. The summed E-state index contributed by atoms with van der Waals surface area (Å²) < 4.78 is 0. The summed E-state index contributed by atoms with van der Waals surface area (Å²) in [6.45, 7) is 21.1. The lowest BCUT2D eigenvalue weighted by Gasteiger charge is -2.37. The minimum absolute atomic E-state index is 0.147. The Labute approximate surface area is 246 Å². The maximum absolute atomic E-state index is 5.64. The van der Waals surface area contributed by atoms with Gasteiger partial charge in [0.2, 0.25) is 0 Å². The second kappa shape index (κ2) is 12.9. The van der Waals surface area contributed by atoms with E-state index in [2.05, 4.69) is 135 Å². The van der Waals surface area contributed by atoms with Gasteiger partial charge in [0.15, 0.2) is 10.8 Å². The maximum Gasteiger partial charge on any atom is 0.289 e. The van der Waals surface area contributed by atoms with Gasteiger partial charge in [-0.25, -0.2) is 0 Å². The second-order valence-electron chi connectivity index (χ2n) is 14.4. The molecule has 2 nitrogen and oxygen atoms in total. The highest BCUT2D eigenvalue weighted by molar-refractivity contribution is 5.51. The van der Waals surface area contributed by atoms with E-state index in [9.17, 15) is 0 Å². The van der Waals surface area contributed by atoms with Crippen molar-refractivity contribution in [1.29, 1.82) is 0 Å². The minimum atomic E-state index is -0.487. The van der Waals surface area contributed by atoms with E-state index in [1.165, 1.54) is 30.4 Å². The first-order chi connectivity index (χ1) is 18.9. The van der Waals surface area contributed by atoms with Crippen molar-refractivity contribution in [2.24, 2.45) is 10.8 Å². The molecule has 2 aromatic carbocycles. The van der Waals surface area contributed by atoms with Crippen LogP contribution in [0.1, 0.15) is 131 Å². The van der Waals surface area contributed by atoms with E-state index in [1.807, 2.05) is 0 Å². The summed E-state index contributed by atoms with van der Waals surface area (Å²) in [5.41, 5.74) is 1.68. The predicted octanol–water partition coefficient (Wildman–Crippen LogP) is 11.3. The molecule has 216 valence electrons. The summed E-state index contributed by atoms with van der Waals surface area (Å²) in [6, 6.07) is 30.0. The number of unbranched alkanes of at least 4 members (excludes halogenated alkanes) is 1. The average molecular weight is 541 g/mol. The van der Waals surface area contributed by atoms with Gasteiger partial charge in [-0.15, -0.1) is 0 Å². The van der Waals surface area contributed by atoms with Gasteiger partial charge >= 0.3 is 0 Å². The van der Waals surface area contributed by atoms with Crippen LogP contribution in [0.25, 0.3) is 9.69 Å². The first-order valence-electron chi connectivity index (χ1n) is 16.0. The lowest BCUT2D eigenvalue weighted by Crippen LogP contribution is -2.47. The molecule has 0 amide bonds. The monoisotopic (exact) mass is 540 g/mol. The lowest BCUT2D eigenvalue weighted by molar-refractivity contribution is 0.232. The minimum Gasteiger partial charge on any atom is -0.0790 e. The van der Waals surface area contributed by atoms with Crippen molar-refractivity contribution in [1.82, 2.24) is 0 Å². The molecule has 0 spiro atoms. The molecular formula is C38H56N2+2. The molecule has 0 bridgehead atoms. The van der Waals surface area contributed by atoms with Crippen molar-refractivity contribution in [2.75, 3.05) is 0 Å². The third kappa shape index (κ3) is 7.00. The van der Waals surface area contributed by atoms with Crippen molar-refractivity contribution >= 4 is 0 Å². The zero-order chi connectivity index (χ0) is 29.5. The molecule has 0 radical (unpaired) electrons. The number of hydrogen-bond acceptors (Lipinski definition) is 0. The molecule has 0 aromatic heterocycles. The van der Waals surface area contributed by atoms with E-state index < -0.39 is 10.8 Å². The van der Waals surface area contributed by atoms with Crippen molar-refractivity contribution in [2.45, 2.75) is 143 Å². The quantitative estimate of drug-likeness (QED) is 0.268. The summed E-state index contributed by atoms with van der Waals surface area (Å²) in [6.07, 6.45) is 9.46. The summed E-state index contributed by atoms with van der Waals surface area (Å²) >= 11 is 0. The largest absolute Gasteiger partial charge is 0.289 e. The highest BCUT2D eigenvalue weighted by atomic mass is 14.9. The van der Waals surface area contributed by atoms with Crippen LogP contribution in [0, 0.1) is 23.0 Å². The summed E-state index contributed by atoms with van der Waals surface area (Å²) in [5.74, 6) is 0. The molecule has 4 unspecified atom stereocenters. The highest BCUT2D eigenvalue weighted by Crippen LogP contribution is 2.51. The van der Waals surface area contributed by atoms with Crippen molar-refractivity contribution in [3.63, 3.8) is 0 Å². The van der Waals surface area contributed by atoms with Gasteiger partial charge in [0, 0.05) is 19.3 Å². The Morgan fingerprint density at radius 3 is 1.73 bits per heavy atom.